The molecule has 1 atom stereocenters. The Morgan fingerprint density at radius 3 is 2.33 bits per heavy atom. The van der Waals surface area contributed by atoms with Crippen molar-refractivity contribution in [3.05, 3.63) is 34.3 Å². The third-order valence-corrected chi connectivity index (χ3v) is 3.19. The first-order valence-electron chi connectivity index (χ1n) is 6.02. The van der Waals surface area contributed by atoms with Gasteiger partial charge in [-0.25, -0.2) is 0 Å². The molecular weight excluding hydrogens is 296 g/mol. The molecule has 1 aromatic carbocycles. The Hall–Kier alpha value is -1.16. The Balaban J connectivity index is 2.67. The van der Waals surface area contributed by atoms with Gasteiger partial charge >= 0.3 is 5.97 Å². The topological polar surface area (TPSA) is 43.4 Å². The molecule has 0 spiro atoms. The molecule has 0 aliphatic rings. The zero-order valence-corrected chi connectivity index (χ0v) is 12.2. The minimum Gasteiger partial charge on any atom is -0.465 e. The fourth-order valence-electron chi connectivity index (χ4n) is 1.70. The number of hydrogen-bond donors (Lipinski definition) is 0. The van der Waals surface area contributed by atoms with Gasteiger partial charge in [-0.2, -0.15) is 0 Å². The normalized spacial score (nSPS) is 11.9. The van der Waals surface area contributed by atoms with Gasteiger partial charge in [0.2, 0.25) is 0 Å². The predicted molar refractivity (Wildman–Crippen MR) is 73.3 cm³/mol. The van der Waals surface area contributed by atoms with Crippen LogP contribution in [0.15, 0.2) is 28.7 Å². The predicted octanol–water partition coefficient (Wildman–Crippen LogP) is 3.15. The summed E-state index contributed by atoms with van der Waals surface area (Å²) < 4.78 is 5.87. The summed E-state index contributed by atoms with van der Waals surface area (Å²) in [6.45, 7) is 3.87. The van der Waals surface area contributed by atoms with Crippen molar-refractivity contribution in [2.24, 2.45) is 5.92 Å². The van der Waals surface area contributed by atoms with Gasteiger partial charge in [-0.3, -0.25) is 9.59 Å². The molecule has 18 heavy (non-hydrogen) atoms. The van der Waals surface area contributed by atoms with E-state index in [2.05, 4.69) is 15.9 Å². The summed E-state index contributed by atoms with van der Waals surface area (Å²) in [6.07, 6.45) is 0.749. The Labute approximate surface area is 116 Å². The summed E-state index contributed by atoms with van der Waals surface area (Å²) in [5.41, 5.74) is 0.908. The maximum absolute atomic E-state index is 12.0. The lowest BCUT2D eigenvalue weighted by atomic mass is 9.96. The molecule has 98 valence electrons. The highest BCUT2D eigenvalue weighted by molar-refractivity contribution is 9.10. The number of Topliss-reactive ketones (excluding diaryl/α,β-unsaturated/α-hetero) is 1. The molecule has 0 saturated carbocycles. The van der Waals surface area contributed by atoms with Gasteiger partial charge in [0.05, 0.1) is 6.61 Å². The van der Waals surface area contributed by atoms with E-state index in [4.69, 9.17) is 4.74 Å². The number of benzene rings is 1. The molecule has 0 heterocycles. The average Bonchev–Trinajstić information content (AvgIpc) is 2.33. The van der Waals surface area contributed by atoms with E-state index in [0.717, 1.165) is 10.0 Å². The molecule has 0 saturated heterocycles. The Morgan fingerprint density at radius 2 is 1.83 bits per heavy atom. The Bertz CT molecular complexity index is 412. The zero-order chi connectivity index (χ0) is 13.5. The maximum atomic E-state index is 12.0. The van der Waals surface area contributed by atoms with Gasteiger partial charge in [-0.05, 0) is 31.0 Å². The van der Waals surface area contributed by atoms with E-state index >= 15 is 0 Å². The van der Waals surface area contributed by atoms with Gasteiger partial charge < -0.3 is 4.74 Å². The second kappa shape index (κ2) is 7.31. The molecule has 1 aromatic rings. The van der Waals surface area contributed by atoms with Gasteiger partial charge in [0.25, 0.3) is 0 Å². The van der Waals surface area contributed by atoms with Crippen LogP contribution in [0.3, 0.4) is 0 Å². The van der Waals surface area contributed by atoms with Gasteiger partial charge in [0.15, 0.2) is 5.78 Å². The van der Waals surface area contributed by atoms with Crippen LogP contribution in [0.2, 0.25) is 0 Å². The molecule has 0 aromatic heterocycles. The standard InChI is InChI=1S/C14H17BrO3/c1-3-12(14(17)18-4-2)13(16)9-10-5-7-11(15)8-6-10/h5-8,12H,3-4,9H2,1-2H3. The smallest absolute Gasteiger partial charge is 0.316 e. The van der Waals surface area contributed by atoms with Crippen molar-refractivity contribution in [2.45, 2.75) is 26.7 Å². The monoisotopic (exact) mass is 312 g/mol. The molecule has 0 aliphatic carbocycles. The van der Waals surface area contributed by atoms with Gasteiger partial charge in [-0.1, -0.05) is 35.0 Å². The van der Waals surface area contributed by atoms with E-state index in [1.165, 1.54) is 0 Å². The highest BCUT2D eigenvalue weighted by Crippen LogP contribution is 2.14. The summed E-state index contributed by atoms with van der Waals surface area (Å²) in [4.78, 5) is 23.6. The molecule has 1 unspecified atom stereocenters. The van der Waals surface area contributed by atoms with E-state index in [1.54, 1.807) is 6.92 Å². The van der Waals surface area contributed by atoms with Crippen LogP contribution in [-0.4, -0.2) is 18.4 Å². The minimum atomic E-state index is -0.645. The number of carbonyl (C=O) groups is 2. The third kappa shape index (κ3) is 4.26. The van der Waals surface area contributed by atoms with E-state index < -0.39 is 11.9 Å². The van der Waals surface area contributed by atoms with Crippen LogP contribution in [0.4, 0.5) is 0 Å². The molecule has 3 nitrogen and oxygen atoms in total. The fourth-order valence-corrected chi connectivity index (χ4v) is 1.96. The first-order chi connectivity index (χ1) is 8.58. The zero-order valence-electron chi connectivity index (χ0n) is 10.6. The number of rotatable bonds is 6. The van der Waals surface area contributed by atoms with Crippen LogP contribution in [0, 0.1) is 5.92 Å². The molecule has 0 fully saturated rings. The number of carbonyl (C=O) groups excluding carboxylic acids is 2. The van der Waals surface area contributed by atoms with Crippen molar-refractivity contribution < 1.29 is 14.3 Å². The molecule has 1 rings (SSSR count). The van der Waals surface area contributed by atoms with Crippen LogP contribution in [-0.2, 0) is 20.7 Å². The van der Waals surface area contributed by atoms with E-state index in [0.29, 0.717) is 13.0 Å². The molecule has 0 N–H and O–H groups in total. The lowest BCUT2D eigenvalue weighted by Crippen LogP contribution is -2.27. The summed E-state index contributed by atoms with van der Waals surface area (Å²) in [6, 6.07) is 7.52. The highest BCUT2D eigenvalue weighted by Gasteiger charge is 2.25. The van der Waals surface area contributed by atoms with Crippen molar-refractivity contribution in [3.8, 4) is 0 Å². The molecule has 0 radical (unpaired) electrons. The lowest BCUT2D eigenvalue weighted by Gasteiger charge is -2.12. The largest absolute Gasteiger partial charge is 0.465 e. The van der Waals surface area contributed by atoms with Crippen LogP contribution < -0.4 is 0 Å². The minimum absolute atomic E-state index is 0.0849. The van der Waals surface area contributed by atoms with Crippen LogP contribution in [0.5, 0.6) is 0 Å². The van der Waals surface area contributed by atoms with Gasteiger partial charge in [0.1, 0.15) is 5.92 Å². The summed E-state index contributed by atoms with van der Waals surface area (Å²) >= 11 is 3.34. The summed E-state index contributed by atoms with van der Waals surface area (Å²) in [5.74, 6) is -1.14. The van der Waals surface area contributed by atoms with Crippen molar-refractivity contribution in [1.82, 2.24) is 0 Å². The molecule has 0 aliphatic heterocycles. The summed E-state index contributed by atoms with van der Waals surface area (Å²) in [5, 5.41) is 0. The molecule has 0 bridgehead atoms. The number of esters is 1. The van der Waals surface area contributed by atoms with Gasteiger partial charge in [0, 0.05) is 10.9 Å². The van der Waals surface area contributed by atoms with E-state index in [9.17, 15) is 9.59 Å². The van der Waals surface area contributed by atoms with Crippen LogP contribution in [0.1, 0.15) is 25.8 Å². The average molecular weight is 313 g/mol. The second-order valence-electron chi connectivity index (χ2n) is 3.98. The number of ketones is 1. The molecule has 4 heteroatoms. The number of halogens is 1. The SMILES string of the molecule is CCOC(=O)C(CC)C(=O)Cc1ccc(Br)cc1. The Morgan fingerprint density at radius 1 is 1.22 bits per heavy atom. The van der Waals surface area contributed by atoms with Crippen molar-refractivity contribution in [2.75, 3.05) is 6.61 Å². The Kier molecular flexibility index (Phi) is 6.05. The molecule has 0 amide bonds. The lowest BCUT2D eigenvalue weighted by molar-refractivity contribution is -0.151. The fraction of sp³-hybridized carbons (Fsp3) is 0.429. The van der Waals surface area contributed by atoms with Crippen molar-refractivity contribution in [3.63, 3.8) is 0 Å². The second-order valence-corrected chi connectivity index (χ2v) is 4.90. The van der Waals surface area contributed by atoms with Crippen molar-refractivity contribution in [1.29, 1.82) is 0 Å². The summed E-state index contributed by atoms with van der Waals surface area (Å²) in [7, 11) is 0. The number of hydrogen-bond acceptors (Lipinski definition) is 3. The maximum Gasteiger partial charge on any atom is 0.316 e. The first kappa shape index (κ1) is 14.9. The third-order valence-electron chi connectivity index (χ3n) is 2.66. The van der Waals surface area contributed by atoms with E-state index in [1.807, 2.05) is 31.2 Å². The van der Waals surface area contributed by atoms with Crippen molar-refractivity contribution >= 4 is 27.7 Å². The molecular formula is C14H17BrO3. The quantitative estimate of drug-likeness (QED) is 0.598. The highest BCUT2D eigenvalue weighted by atomic mass is 79.9. The van der Waals surface area contributed by atoms with Crippen LogP contribution in [0.25, 0.3) is 0 Å². The first-order valence-corrected chi connectivity index (χ1v) is 6.81. The van der Waals surface area contributed by atoms with E-state index in [-0.39, 0.29) is 12.2 Å². The van der Waals surface area contributed by atoms with Gasteiger partial charge in [-0.15, -0.1) is 0 Å². The number of ether oxygens (including phenoxy) is 1. The van der Waals surface area contributed by atoms with Crippen LogP contribution >= 0.6 is 15.9 Å².